The molecule has 0 heterocycles. The van der Waals surface area contributed by atoms with E-state index in [1.165, 1.54) is 12.2 Å². The molecule has 0 aliphatic heterocycles. The van der Waals surface area contributed by atoms with E-state index in [0.717, 1.165) is 18.5 Å². The number of carbonyl (C=O) groups excluding carboxylic acids is 3. The Bertz CT molecular complexity index is 220. The standard InChI is InChI=1S/C4H2N2O2.CHNO/c7-3-5-1-2-6-4-8;2-1-3/h1-2H;2H. The molecule has 0 saturated heterocycles. The number of nitrogens with one attached hydrogen (secondary N) is 1. The fourth-order valence-electron chi connectivity index (χ4n) is 0.128. The number of hydrogen-bond acceptors (Lipinski definition) is 6. The molecule has 1 N–H and O–H groups in total. The Kier molecular flexibility index (Phi) is 16.6. The van der Waals surface area contributed by atoms with Crippen LogP contribution in [0.5, 0.6) is 0 Å². The summed E-state index contributed by atoms with van der Waals surface area (Å²) in [5, 5.41) is 5.40. The monoisotopic (exact) mass is 153 g/mol. The van der Waals surface area contributed by atoms with E-state index in [-0.39, 0.29) is 0 Å². The van der Waals surface area contributed by atoms with Gasteiger partial charge in [0.2, 0.25) is 18.2 Å². The Balaban J connectivity index is 0. The van der Waals surface area contributed by atoms with E-state index in [9.17, 15) is 9.59 Å². The molecule has 0 atom stereocenters. The largest absolute Gasteiger partial charge is 0.239 e. The second-order valence-corrected chi connectivity index (χ2v) is 0.841. The summed E-state index contributed by atoms with van der Waals surface area (Å²) in [5.74, 6) is 0. The van der Waals surface area contributed by atoms with Gasteiger partial charge >= 0.3 is 0 Å². The Morgan fingerprint density at radius 1 is 1.00 bits per heavy atom. The van der Waals surface area contributed by atoms with E-state index >= 15 is 0 Å². The third kappa shape index (κ3) is 32.8. The van der Waals surface area contributed by atoms with Gasteiger partial charge in [-0.25, -0.2) is 19.8 Å². The molecule has 0 rings (SSSR count). The average Bonchev–Trinajstić information content (AvgIpc) is 2.00. The van der Waals surface area contributed by atoms with E-state index in [2.05, 4.69) is 9.98 Å². The summed E-state index contributed by atoms with van der Waals surface area (Å²) >= 11 is 0. The Morgan fingerprint density at radius 2 is 1.27 bits per heavy atom. The van der Waals surface area contributed by atoms with Gasteiger partial charge in [-0.1, -0.05) is 0 Å². The first-order chi connectivity index (χ1) is 5.33. The molecule has 0 aromatic carbocycles. The minimum atomic E-state index is 0.750. The van der Waals surface area contributed by atoms with E-state index in [0.29, 0.717) is 0 Å². The van der Waals surface area contributed by atoms with Gasteiger partial charge in [-0.3, -0.25) is 0 Å². The van der Waals surface area contributed by atoms with Crippen molar-refractivity contribution >= 4 is 18.2 Å². The summed E-state index contributed by atoms with van der Waals surface area (Å²) in [6.07, 6.45) is 5.28. The summed E-state index contributed by atoms with van der Waals surface area (Å²) in [4.78, 5) is 32.8. The van der Waals surface area contributed by atoms with Crippen molar-refractivity contribution in [1.82, 2.24) is 0 Å². The second-order valence-electron chi connectivity index (χ2n) is 0.841. The average molecular weight is 153 g/mol. The molecule has 0 radical (unpaired) electrons. The highest BCUT2D eigenvalue weighted by Crippen LogP contribution is 1.69. The molecule has 0 unspecified atom stereocenters. The quantitative estimate of drug-likeness (QED) is 0.447. The maximum atomic E-state index is 9.28. The highest BCUT2D eigenvalue weighted by molar-refractivity contribution is 5.36. The number of isocyanates is 3. The molecule has 6 nitrogen and oxygen atoms in total. The van der Waals surface area contributed by atoms with Crippen molar-refractivity contribution in [1.29, 1.82) is 5.41 Å². The van der Waals surface area contributed by atoms with E-state index in [1.807, 2.05) is 0 Å². The number of aliphatic imine (C=N–C) groups is 2. The van der Waals surface area contributed by atoms with Gasteiger partial charge in [-0.2, -0.15) is 9.98 Å². The molecular formula is C5H3N3O3. The van der Waals surface area contributed by atoms with Gasteiger partial charge < -0.3 is 0 Å². The highest BCUT2D eigenvalue weighted by atomic mass is 16.1. The van der Waals surface area contributed by atoms with Crippen LogP contribution in [0.2, 0.25) is 0 Å². The number of rotatable bonds is 2. The minimum Gasteiger partial charge on any atom is -0.222 e. The molecule has 11 heavy (non-hydrogen) atoms. The lowest BCUT2D eigenvalue weighted by molar-refractivity contribution is 0.562. The molecule has 0 aliphatic rings. The van der Waals surface area contributed by atoms with Crippen LogP contribution in [0.1, 0.15) is 0 Å². The predicted molar refractivity (Wildman–Crippen MR) is 33.8 cm³/mol. The van der Waals surface area contributed by atoms with Crippen molar-refractivity contribution in [3.8, 4) is 0 Å². The third-order valence-corrected chi connectivity index (χ3v) is 0.321. The van der Waals surface area contributed by atoms with Crippen LogP contribution in [-0.2, 0) is 14.4 Å². The van der Waals surface area contributed by atoms with Crippen LogP contribution in [-0.4, -0.2) is 18.2 Å². The summed E-state index contributed by atoms with van der Waals surface area (Å²) in [6.45, 7) is 0. The molecule has 0 aliphatic carbocycles. The van der Waals surface area contributed by atoms with Crippen molar-refractivity contribution in [2.24, 2.45) is 9.98 Å². The van der Waals surface area contributed by atoms with Crippen molar-refractivity contribution in [2.45, 2.75) is 0 Å². The fourth-order valence-corrected chi connectivity index (χ4v) is 0.128. The van der Waals surface area contributed by atoms with Gasteiger partial charge in [-0.15, -0.1) is 0 Å². The summed E-state index contributed by atoms with van der Waals surface area (Å²) < 4.78 is 0. The molecular weight excluding hydrogens is 150 g/mol. The summed E-state index contributed by atoms with van der Waals surface area (Å²) in [5.41, 5.74) is 0. The SMILES string of the molecule is N=C=O.O=C=NC=CN=C=O. The lowest BCUT2D eigenvalue weighted by Gasteiger charge is -1.58. The maximum Gasteiger partial charge on any atom is 0.239 e. The van der Waals surface area contributed by atoms with Crippen LogP contribution in [0.4, 0.5) is 0 Å². The highest BCUT2D eigenvalue weighted by Gasteiger charge is 1.57. The topological polar surface area (TPSA) is 99.8 Å². The molecule has 0 amide bonds. The predicted octanol–water partition coefficient (Wildman–Crippen LogP) is 0.0302. The zero-order valence-electron chi connectivity index (χ0n) is 5.27. The first kappa shape index (κ1) is 11.6. The fraction of sp³-hybridized carbons (Fsp3) is 0. The lowest BCUT2D eigenvalue weighted by atomic mass is 10.9. The molecule has 0 bridgehead atoms. The zero-order valence-corrected chi connectivity index (χ0v) is 5.27. The smallest absolute Gasteiger partial charge is 0.222 e. The second kappa shape index (κ2) is 15.7. The Hall–Kier alpha value is -2.12. The zero-order chi connectivity index (χ0) is 8.95. The van der Waals surface area contributed by atoms with Gasteiger partial charge in [0.05, 0.1) is 12.4 Å². The van der Waals surface area contributed by atoms with Gasteiger partial charge in [0.15, 0.2) is 0 Å². The van der Waals surface area contributed by atoms with Crippen LogP contribution >= 0.6 is 0 Å². The van der Waals surface area contributed by atoms with Gasteiger partial charge in [-0.05, 0) is 0 Å². The molecule has 0 fully saturated rings. The summed E-state index contributed by atoms with van der Waals surface area (Å²) in [6, 6.07) is 0. The van der Waals surface area contributed by atoms with Crippen molar-refractivity contribution in [2.75, 3.05) is 0 Å². The van der Waals surface area contributed by atoms with Crippen LogP contribution in [0.25, 0.3) is 0 Å². The van der Waals surface area contributed by atoms with E-state index < -0.39 is 0 Å². The van der Waals surface area contributed by atoms with Crippen LogP contribution in [0, 0.1) is 5.41 Å². The molecule has 0 aromatic rings. The lowest BCUT2D eigenvalue weighted by Crippen LogP contribution is -1.48. The van der Waals surface area contributed by atoms with Gasteiger partial charge in [0, 0.05) is 0 Å². The first-order valence-corrected chi connectivity index (χ1v) is 2.16. The van der Waals surface area contributed by atoms with Crippen LogP contribution < -0.4 is 0 Å². The van der Waals surface area contributed by atoms with Crippen molar-refractivity contribution in [3.05, 3.63) is 12.4 Å². The molecule has 56 valence electrons. The van der Waals surface area contributed by atoms with Crippen LogP contribution in [0.15, 0.2) is 22.4 Å². The van der Waals surface area contributed by atoms with E-state index in [1.54, 1.807) is 0 Å². The summed E-state index contributed by atoms with van der Waals surface area (Å²) in [7, 11) is 0. The van der Waals surface area contributed by atoms with Gasteiger partial charge in [0.1, 0.15) is 0 Å². The first-order valence-electron chi connectivity index (χ1n) is 2.16. The minimum absolute atomic E-state index is 0.750. The normalized spacial score (nSPS) is 6.18. The number of hydrogen-bond donors (Lipinski definition) is 1. The van der Waals surface area contributed by atoms with Crippen molar-refractivity contribution < 1.29 is 14.4 Å². The van der Waals surface area contributed by atoms with E-state index in [4.69, 9.17) is 10.2 Å². The maximum absolute atomic E-state index is 9.28. The molecule has 6 heteroatoms. The van der Waals surface area contributed by atoms with Gasteiger partial charge in [0.25, 0.3) is 0 Å². The third-order valence-electron chi connectivity index (χ3n) is 0.321. The van der Waals surface area contributed by atoms with Crippen molar-refractivity contribution in [3.63, 3.8) is 0 Å². The Labute approximate surface area is 61.5 Å². The molecule has 0 saturated carbocycles. The number of nitrogens with zero attached hydrogens (tertiary/aromatic N) is 2. The Morgan fingerprint density at radius 3 is 1.45 bits per heavy atom. The van der Waals surface area contributed by atoms with Crippen LogP contribution in [0.3, 0.4) is 0 Å². The molecule has 0 spiro atoms. The molecule has 0 aromatic heterocycles.